The number of carbonyl (C=O) groups is 4. The molecule has 2 aromatic carbocycles. The van der Waals surface area contributed by atoms with Gasteiger partial charge in [0, 0.05) is 17.7 Å². The van der Waals surface area contributed by atoms with Gasteiger partial charge in [-0.2, -0.15) is 0 Å². The van der Waals surface area contributed by atoms with Crippen LogP contribution in [0.2, 0.25) is 0 Å². The largest absolute Gasteiger partial charge is 0.321 e. The maximum Gasteiger partial charge on any atom is 0.263 e. The summed E-state index contributed by atoms with van der Waals surface area (Å²) in [4.78, 5) is 50.9. The number of carbonyl (C=O) groups excluding carboxylic acids is 4. The Morgan fingerprint density at radius 1 is 1.04 bits per heavy atom. The number of ketones is 1. The number of anilines is 1. The van der Waals surface area contributed by atoms with E-state index in [2.05, 4.69) is 5.32 Å². The van der Waals surface area contributed by atoms with Crippen LogP contribution in [-0.4, -0.2) is 34.9 Å². The predicted octanol–water partition coefficient (Wildman–Crippen LogP) is 3.07. The first-order valence-electron chi connectivity index (χ1n) is 8.28. The van der Waals surface area contributed by atoms with Gasteiger partial charge in [-0.15, -0.1) is 0 Å². The molecule has 0 saturated carbocycles. The number of nitrogens with one attached hydrogen (secondary N) is 1. The van der Waals surface area contributed by atoms with E-state index in [-0.39, 0.29) is 29.1 Å². The van der Waals surface area contributed by atoms with Crippen LogP contribution in [0.15, 0.2) is 36.4 Å². The van der Waals surface area contributed by atoms with E-state index in [9.17, 15) is 19.2 Å². The minimum Gasteiger partial charge on any atom is -0.321 e. The third-order valence-electron chi connectivity index (χ3n) is 4.48. The lowest BCUT2D eigenvalue weighted by molar-refractivity contribution is 0.0663. The molecule has 0 aliphatic carbocycles. The fourth-order valence-electron chi connectivity index (χ4n) is 3.17. The lowest BCUT2D eigenvalue weighted by atomic mass is 9.94. The van der Waals surface area contributed by atoms with Crippen molar-refractivity contribution in [3.63, 3.8) is 0 Å². The number of rotatable bonds is 4. The van der Waals surface area contributed by atoms with Crippen LogP contribution >= 0.6 is 0 Å². The van der Waals surface area contributed by atoms with Gasteiger partial charge in [0.15, 0.2) is 5.78 Å². The van der Waals surface area contributed by atoms with Crippen molar-refractivity contribution in [2.45, 2.75) is 20.8 Å². The molecule has 0 atom stereocenters. The Balaban J connectivity index is 2.16. The molecule has 6 heteroatoms. The van der Waals surface area contributed by atoms with Crippen LogP contribution in [0, 0.1) is 6.92 Å². The molecule has 0 radical (unpaired) electrons. The van der Waals surface area contributed by atoms with Gasteiger partial charge in [0.05, 0.1) is 16.8 Å². The van der Waals surface area contributed by atoms with Crippen molar-refractivity contribution in [3.05, 3.63) is 64.2 Å². The molecule has 0 spiro atoms. The van der Waals surface area contributed by atoms with E-state index in [1.165, 1.54) is 13.0 Å². The van der Waals surface area contributed by atoms with Crippen molar-refractivity contribution in [3.8, 4) is 0 Å². The summed E-state index contributed by atoms with van der Waals surface area (Å²) in [5.74, 6) is -1.56. The summed E-state index contributed by atoms with van der Waals surface area (Å²) in [6, 6.07) is 9.99. The highest BCUT2D eigenvalue weighted by molar-refractivity contribution is 6.26. The van der Waals surface area contributed by atoms with Crippen LogP contribution in [-0.2, 0) is 0 Å². The van der Waals surface area contributed by atoms with Gasteiger partial charge in [-0.25, -0.2) is 0 Å². The molecule has 0 saturated heterocycles. The lowest BCUT2D eigenvalue weighted by Crippen LogP contribution is -2.29. The van der Waals surface area contributed by atoms with Crippen molar-refractivity contribution >= 4 is 29.2 Å². The highest BCUT2D eigenvalue weighted by atomic mass is 16.2. The highest BCUT2D eigenvalue weighted by Gasteiger charge is 2.39. The second-order valence-electron chi connectivity index (χ2n) is 6.08. The first kappa shape index (κ1) is 17.5. The summed E-state index contributed by atoms with van der Waals surface area (Å²) in [6.45, 7) is 4.94. The minimum atomic E-state index is -0.464. The molecule has 2 aromatic rings. The molecular formula is C20H18N2O4. The zero-order valence-electron chi connectivity index (χ0n) is 14.8. The average molecular weight is 350 g/mol. The molecule has 3 rings (SSSR count). The van der Waals surface area contributed by atoms with Crippen LogP contribution in [0.3, 0.4) is 0 Å². The van der Waals surface area contributed by atoms with Gasteiger partial charge in [-0.3, -0.25) is 24.1 Å². The van der Waals surface area contributed by atoms with Gasteiger partial charge in [0.1, 0.15) is 0 Å². The Bertz CT molecular complexity index is 948. The first-order chi connectivity index (χ1) is 12.4. The third-order valence-corrected chi connectivity index (χ3v) is 4.48. The Morgan fingerprint density at radius 3 is 2.23 bits per heavy atom. The molecule has 3 amide bonds. The fraction of sp³-hybridized carbons (Fsp3) is 0.200. The number of fused-ring (bicyclic) bond motifs is 1. The van der Waals surface area contributed by atoms with Crippen LogP contribution in [0.25, 0.3) is 0 Å². The van der Waals surface area contributed by atoms with Gasteiger partial charge in [-0.05, 0) is 44.5 Å². The molecular weight excluding hydrogens is 332 g/mol. The maximum absolute atomic E-state index is 12.7. The maximum atomic E-state index is 12.7. The summed E-state index contributed by atoms with van der Waals surface area (Å²) in [5.41, 5.74) is 1.69. The van der Waals surface area contributed by atoms with E-state index < -0.39 is 17.7 Å². The number of Topliss-reactive ketones (excluding diaryl/α,β-unsaturated/α-hetero) is 1. The van der Waals surface area contributed by atoms with Crippen molar-refractivity contribution in [2.24, 2.45) is 0 Å². The molecule has 0 aromatic heterocycles. The van der Waals surface area contributed by atoms with Crippen molar-refractivity contribution in [1.29, 1.82) is 0 Å². The Morgan fingerprint density at radius 2 is 1.65 bits per heavy atom. The van der Waals surface area contributed by atoms with Gasteiger partial charge < -0.3 is 5.32 Å². The zero-order valence-corrected chi connectivity index (χ0v) is 14.8. The number of imide groups is 1. The van der Waals surface area contributed by atoms with Crippen LogP contribution in [0.1, 0.15) is 60.8 Å². The summed E-state index contributed by atoms with van der Waals surface area (Å²) < 4.78 is 0. The van der Waals surface area contributed by atoms with Crippen LogP contribution < -0.4 is 5.32 Å². The van der Waals surface area contributed by atoms with Crippen LogP contribution in [0.5, 0.6) is 0 Å². The first-order valence-corrected chi connectivity index (χ1v) is 8.28. The molecule has 26 heavy (non-hydrogen) atoms. The fourth-order valence-corrected chi connectivity index (χ4v) is 3.17. The summed E-state index contributed by atoms with van der Waals surface area (Å²) in [6.07, 6.45) is 0. The smallest absolute Gasteiger partial charge is 0.263 e. The van der Waals surface area contributed by atoms with Crippen molar-refractivity contribution in [2.75, 3.05) is 11.9 Å². The Labute approximate surface area is 150 Å². The number of benzene rings is 2. The Hall–Kier alpha value is -3.28. The average Bonchev–Trinajstić information content (AvgIpc) is 2.88. The summed E-state index contributed by atoms with van der Waals surface area (Å²) in [7, 11) is 0. The number of hydrogen-bond acceptors (Lipinski definition) is 4. The number of hydrogen-bond donors (Lipinski definition) is 1. The monoisotopic (exact) mass is 350 g/mol. The highest BCUT2D eigenvalue weighted by Crippen LogP contribution is 2.34. The van der Waals surface area contributed by atoms with E-state index in [0.29, 0.717) is 16.7 Å². The van der Waals surface area contributed by atoms with E-state index in [4.69, 9.17) is 0 Å². The Kier molecular flexibility index (Phi) is 4.42. The van der Waals surface area contributed by atoms with E-state index in [1.54, 1.807) is 44.2 Å². The van der Waals surface area contributed by atoms with Crippen molar-refractivity contribution in [1.82, 2.24) is 4.90 Å². The zero-order chi connectivity index (χ0) is 19.0. The molecule has 6 nitrogen and oxygen atoms in total. The normalized spacial score (nSPS) is 13.0. The second-order valence-corrected chi connectivity index (χ2v) is 6.08. The predicted molar refractivity (Wildman–Crippen MR) is 96.6 cm³/mol. The lowest BCUT2D eigenvalue weighted by Gasteiger charge is -2.13. The van der Waals surface area contributed by atoms with Gasteiger partial charge in [-0.1, -0.05) is 18.2 Å². The number of nitrogens with zero attached hydrogens (tertiary/aromatic N) is 1. The van der Waals surface area contributed by atoms with E-state index in [1.807, 2.05) is 0 Å². The van der Waals surface area contributed by atoms with E-state index in [0.717, 1.165) is 4.90 Å². The molecule has 1 aliphatic heterocycles. The SMILES string of the molecule is CCN1C(=O)c2c(NC(=O)c3ccccc3)cc(C(C)=O)c(C)c2C1=O. The standard InChI is InChI=1S/C20H18N2O4/c1-4-22-19(25)16-11(2)14(12(3)23)10-15(17(16)20(22)26)21-18(24)13-8-6-5-7-9-13/h5-10H,4H2,1-3H3,(H,21,24). The molecule has 1 N–H and O–H groups in total. The second kappa shape index (κ2) is 6.55. The van der Waals surface area contributed by atoms with Gasteiger partial charge in [0.2, 0.25) is 0 Å². The van der Waals surface area contributed by atoms with Crippen molar-refractivity contribution < 1.29 is 19.2 Å². The molecule has 1 heterocycles. The van der Waals surface area contributed by atoms with Crippen LogP contribution in [0.4, 0.5) is 5.69 Å². The minimum absolute atomic E-state index is 0.142. The molecule has 1 aliphatic rings. The third kappa shape index (κ3) is 2.69. The van der Waals surface area contributed by atoms with Gasteiger partial charge in [0.25, 0.3) is 17.7 Å². The summed E-state index contributed by atoms with van der Waals surface area (Å²) in [5, 5.41) is 2.69. The molecule has 0 bridgehead atoms. The quantitative estimate of drug-likeness (QED) is 0.678. The summed E-state index contributed by atoms with van der Waals surface area (Å²) >= 11 is 0. The van der Waals surface area contributed by atoms with Gasteiger partial charge >= 0.3 is 0 Å². The van der Waals surface area contributed by atoms with E-state index >= 15 is 0 Å². The molecule has 0 fully saturated rings. The molecule has 0 unspecified atom stereocenters. The molecule has 132 valence electrons. The topological polar surface area (TPSA) is 83.6 Å². The number of amides is 3.